The first-order valence-corrected chi connectivity index (χ1v) is 13.1. The molecule has 0 unspecified atom stereocenters. The maximum absolute atomic E-state index is 4.41. The summed E-state index contributed by atoms with van der Waals surface area (Å²) in [5, 5.41) is 0. The van der Waals surface area contributed by atoms with Gasteiger partial charge in [-0.05, 0) is 75.0 Å². The third kappa shape index (κ3) is 7.37. The molecule has 182 valence electrons. The van der Waals surface area contributed by atoms with E-state index in [1.165, 1.54) is 67.7 Å². The predicted molar refractivity (Wildman–Crippen MR) is 148 cm³/mol. The van der Waals surface area contributed by atoms with Crippen molar-refractivity contribution < 1.29 is 0 Å². The maximum atomic E-state index is 4.41. The highest BCUT2D eigenvalue weighted by molar-refractivity contribution is 5.80. The molecule has 1 aliphatic heterocycles. The van der Waals surface area contributed by atoms with E-state index in [-0.39, 0.29) is 0 Å². The highest BCUT2D eigenvalue weighted by Gasteiger charge is 2.24. The third-order valence-electron chi connectivity index (χ3n) is 6.72. The van der Waals surface area contributed by atoms with Gasteiger partial charge in [-0.25, -0.2) is 0 Å². The van der Waals surface area contributed by atoms with Crippen LogP contribution in [0.2, 0.25) is 0 Å². The van der Waals surface area contributed by atoms with Gasteiger partial charge in [-0.15, -0.1) is 0 Å². The van der Waals surface area contributed by atoms with Crippen LogP contribution in [0.3, 0.4) is 0 Å². The molecule has 0 aromatic heterocycles. The average Bonchev–Trinajstić information content (AvgIpc) is 2.87. The number of para-hydroxylation sites is 1. The summed E-state index contributed by atoms with van der Waals surface area (Å²) in [6, 6.07) is 18.2. The molecule has 0 atom stereocenters. The summed E-state index contributed by atoms with van der Waals surface area (Å²) in [6.45, 7) is 19.9. The number of hydrogen-bond acceptors (Lipinski definition) is 3. The summed E-state index contributed by atoms with van der Waals surface area (Å²) in [5.41, 5.74) is 6.04. The van der Waals surface area contributed by atoms with E-state index in [4.69, 9.17) is 0 Å². The molecule has 0 spiro atoms. The molecule has 0 bridgehead atoms. The summed E-state index contributed by atoms with van der Waals surface area (Å²) in [6.07, 6.45) is 6.38. The number of rotatable bonds is 10. The zero-order valence-corrected chi connectivity index (χ0v) is 22.1. The summed E-state index contributed by atoms with van der Waals surface area (Å²) >= 11 is 0. The third-order valence-corrected chi connectivity index (χ3v) is 6.72. The summed E-state index contributed by atoms with van der Waals surface area (Å²) in [7, 11) is 2.11. The topological polar surface area (TPSA) is 9.72 Å². The Morgan fingerprint density at radius 2 is 1.67 bits per heavy atom. The molecule has 0 radical (unpaired) electrons. The highest BCUT2D eigenvalue weighted by Crippen LogP contribution is 2.29. The van der Waals surface area contributed by atoms with Gasteiger partial charge in [0.15, 0.2) is 0 Å². The Morgan fingerprint density at radius 3 is 2.30 bits per heavy atom. The zero-order chi connectivity index (χ0) is 24.2. The number of benzene rings is 2. The van der Waals surface area contributed by atoms with Gasteiger partial charge in [0.1, 0.15) is 0 Å². The minimum atomic E-state index is 0.744. The van der Waals surface area contributed by atoms with Gasteiger partial charge in [0.25, 0.3) is 0 Å². The molecular formula is C30H47N3. The fourth-order valence-corrected chi connectivity index (χ4v) is 4.78. The van der Waals surface area contributed by atoms with Crippen LogP contribution in [0.15, 0.2) is 55.1 Å². The van der Waals surface area contributed by atoms with Gasteiger partial charge in [0, 0.05) is 43.3 Å². The van der Waals surface area contributed by atoms with E-state index in [1.807, 2.05) is 13.8 Å². The fourth-order valence-electron chi connectivity index (χ4n) is 4.78. The number of piperidine rings is 1. The van der Waals surface area contributed by atoms with Crippen molar-refractivity contribution in [2.75, 3.05) is 43.0 Å². The highest BCUT2D eigenvalue weighted by atomic mass is 15.2. The van der Waals surface area contributed by atoms with E-state index in [1.54, 1.807) is 0 Å². The van der Waals surface area contributed by atoms with Crippen LogP contribution in [0.5, 0.6) is 0 Å². The molecule has 33 heavy (non-hydrogen) atoms. The predicted octanol–water partition coefficient (Wildman–Crippen LogP) is 7.61. The molecule has 0 N–H and O–H groups in total. The van der Waals surface area contributed by atoms with E-state index < -0.39 is 0 Å². The molecule has 1 aliphatic rings. The van der Waals surface area contributed by atoms with Crippen molar-refractivity contribution >= 4 is 17.1 Å². The van der Waals surface area contributed by atoms with Crippen molar-refractivity contribution in [2.45, 2.75) is 72.8 Å². The minimum absolute atomic E-state index is 0.744. The maximum Gasteiger partial charge on any atom is 0.0437 e. The number of unbranched alkanes of at least 4 members (excludes halogenated alkanes) is 1. The second-order valence-corrected chi connectivity index (χ2v) is 8.95. The van der Waals surface area contributed by atoms with Gasteiger partial charge >= 0.3 is 0 Å². The van der Waals surface area contributed by atoms with Gasteiger partial charge in [-0.3, -0.25) is 0 Å². The molecular weight excluding hydrogens is 402 g/mol. The molecule has 0 aliphatic carbocycles. The largest absolute Gasteiger partial charge is 0.371 e. The molecule has 3 nitrogen and oxygen atoms in total. The summed E-state index contributed by atoms with van der Waals surface area (Å²) in [4.78, 5) is 7.51. The van der Waals surface area contributed by atoms with E-state index >= 15 is 0 Å². The molecule has 1 saturated heterocycles. The fraction of sp³-hybridized carbons (Fsp3) is 0.533. The lowest BCUT2D eigenvalue weighted by Gasteiger charge is -2.39. The van der Waals surface area contributed by atoms with Crippen LogP contribution in [0.1, 0.15) is 70.9 Å². The van der Waals surface area contributed by atoms with Crippen LogP contribution >= 0.6 is 0 Å². The van der Waals surface area contributed by atoms with Crippen molar-refractivity contribution in [2.24, 2.45) is 0 Å². The Bertz CT molecular complexity index is 836. The first-order valence-electron chi connectivity index (χ1n) is 13.1. The Labute approximate surface area is 204 Å². The van der Waals surface area contributed by atoms with Crippen molar-refractivity contribution in [1.82, 2.24) is 4.90 Å². The monoisotopic (exact) mass is 449 g/mol. The van der Waals surface area contributed by atoms with Crippen molar-refractivity contribution in [3.05, 3.63) is 66.2 Å². The Morgan fingerprint density at radius 1 is 0.970 bits per heavy atom. The number of nitrogens with zero attached hydrogens (tertiary/aromatic N) is 3. The van der Waals surface area contributed by atoms with E-state index in [2.05, 4.69) is 97.6 Å². The Hall–Kier alpha value is -2.26. The van der Waals surface area contributed by atoms with Crippen molar-refractivity contribution in [1.29, 1.82) is 0 Å². The van der Waals surface area contributed by atoms with Crippen LogP contribution in [0, 0.1) is 6.92 Å². The van der Waals surface area contributed by atoms with Gasteiger partial charge in [-0.2, -0.15) is 0 Å². The Balaban J connectivity index is 0.00000187. The van der Waals surface area contributed by atoms with Crippen LogP contribution in [-0.4, -0.2) is 44.2 Å². The van der Waals surface area contributed by atoms with Gasteiger partial charge < -0.3 is 14.7 Å². The van der Waals surface area contributed by atoms with Crippen LogP contribution in [0.25, 0.3) is 5.70 Å². The molecule has 1 heterocycles. The number of hydrogen-bond donors (Lipinski definition) is 0. The average molecular weight is 450 g/mol. The lowest BCUT2D eigenvalue weighted by Crippen LogP contribution is -2.45. The van der Waals surface area contributed by atoms with Crippen LogP contribution in [-0.2, 0) is 0 Å². The second-order valence-electron chi connectivity index (χ2n) is 8.95. The number of aryl methyl sites for hydroxylation is 1. The normalized spacial score (nSPS) is 14.1. The summed E-state index contributed by atoms with van der Waals surface area (Å²) < 4.78 is 0. The van der Waals surface area contributed by atoms with E-state index in [0.717, 1.165) is 24.8 Å². The lowest BCUT2D eigenvalue weighted by molar-refractivity contribution is 0.166. The smallest absolute Gasteiger partial charge is 0.0437 e. The lowest BCUT2D eigenvalue weighted by atomic mass is 10.0. The zero-order valence-electron chi connectivity index (χ0n) is 22.1. The van der Waals surface area contributed by atoms with Gasteiger partial charge in [0.2, 0.25) is 0 Å². The SMILES string of the molecule is C=C(c1cccc(N2CCC(N(CCC)CCCC)CC2)c1)N(C)c1ccccc1C.CC. The molecule has 1 fully saturated rings. The molecule has 3 rings (SSSR count). The molecule has 3 heteroatoms. The second kappa shape index (κ2) is 14.1. The van der Waals surface area contributed by atoms with Crippen LogP contribution in [0.4, 0.5) is 11.4 Å². The molecule has 2 aromatic rings. The standard InChI is InChI=1S/C28H41N3.C2H6/c1-6-8-19-30(18-7-2)26-16-20-31(21-17-26)27-14-11-13-25(22-27)24(4)29(5)28-15-10-9-12-23(28)3;1-2/h9-15,22,26H,4,6-8,16-21H2,1-3,5H3;1-2H3. The van der Waals surface area contributed by atoms with Gasteiger partial charge in [-0.1, -0.05) is 71.0 Å². The van der Waals surface area contributed by atoms with E-state index in [0.29, 0.717) is 0 Å². The van der Waals surface area contributed by atoms with Crippen LogP contribution < -0.4 is 9.80 Å². The van der Waals surface area contributed by atoms with E-state index in [9.17, 15) is 0 Å². The first kappa shape index (κ1) is 27.0. The first-order chi connectivity index (χ1) is 16.0. The minimum Gasteiger partial charge on any atom is -0.371 e. The quantitative estimate of drug-likeness (QED) is 0.369. The summed E-state index contributed by atoms with van der Waals surface area (Å²) in [5.74, 6) is 0. The van der Waals surface area contributed by atoms with Crippen molar-refractivity contribution in [3.8, 4) is 0 Å². The van der Waals surface area contributed by atoms with Gasteiger partial charge in [0.05, 0.1) is 0 Å². The Kier molecular flexibility index (Phi) is 11.5. The molecule has 0 saturated carbocycles. The number of anilines is 2. The molecule has 2 aromatic carbocycles. The molecule has 0 amide bonds. The van der Waals surface area contributed by atoms with Crippen molar-refractivity contribution in [3.63, 3.8) is 0 Å².